The lowest BCUT2D eigenvalue weighted by molar-refractivity contribution is 0.102. The summed E-state index contributed by atoms with van der Waals surface area (Å²) in [5, 5.41) is 28.1. The molecule has 31 heavy (non-hydrogen) atoms. The highest BCUT2D eigenvalue weighted by atomic mass is 16.3. The van der Waals surface area contributed by atoms with Crippen molar-refractivity contribution in [1.82, 2.24) is 14.8 Å². The normalized spacial score (nSPS) is 21.3. The summed E-state index contributed by atoms with van der Waals surface area (Å²) in [5.74, 6) is 0.387. The second kappa shape index (κ2) is 7.82. The molecule has 3 aromatic rings. The first kappa shape index (κ1) is 19.8. The molecular weight excluding hydrogens is 396 g/mol. The number of carbonyl (C=O) groups is 1. The molecule has 5 rings (SSSR count). The zero-order valence-electron chi connectivity index (χ0n) is 17.4. The van der Waals surface area contributed by atoms with Gasteiger partial charge in [-0.05, 0) is 37.1 Å². The average Bonchev–Trinajstić information content (AvgIpc) is 3.48. The highest BCUT2D eigenvalue weighted by molar-refractivity contribution is 6.06. The first-order valence-corrected chi connectivity index (χ1v) is 10.6. The van der Waals surface area contributed by atoms with E-state index < -0.39 is 0 Å². The van der Waals surface area contributed by atoms with Crippen LogP contribution in [0.15, 0.2) is 36.5 Å². The van der Waals surface area contributed by atoms with Crippen molar-refractivity contribution >= 4 is 34.0 Å². The van der Waals surface area contributed by atoms with E-state index in [1.807, 2.05) is 36.2 Å². The highest BCUT2D eigenvalue weighted by Crippen LogP contribution is 2.34. The average molecular weight is 422 g/mol. The molecule has 4 heterocycles. The van der Waals surface area contributed by atoms with Gasteiger partial charge in [0.1, 0.15) is 11.5 Å². The number of β-amino-alcohol motifs (C(OH)–C–C–N with tert-alkyl or cyclic N) is 2. The van der Waals surface area contributed by atoms with E-state index in [-0.39, 0.29) is 18.1 Å². The van der Waals surface area contributed by atoms with Gasteiger partial charge in [-0.3, -0.25) is 9.48 Å². The quantitative estimate of drug-likeness (QED) is 0.583. The van der Waals surface area contributed by atoms with Gasteiger partial charge in [0, 0.05) is 38.6 Å². The predicted octanol–water partition coefficient (Wildman–Crippen LogP) is 1.36. The molecule has 2 aromatic heterocycles. The molecule has 2 atom stereocenters. The van der Waals surface area contributed by atoms with Crippen molar-refractivity contribution in [3.63, 3.8) is 0 Å². The molecule has 0 bridgehead atoms. The van der Waals surface area contributed by atoms with Gasteiger partial charge in [-0.2, -0.15) is 5.10 Å². The van der Waals surface area contributed by atoms with Crippen molar-refractivity contribution in [3.8, 4) is 0 Å². The molecule has 9 heteroatoms. The van der Waals surface area contributed by atoms with Crippen molar-refractivity contribution < 1.29 is 15.0 Å². The lowest BCUT2D eigenvalue weighted by Crippen LogP contribution is -2.25. The highest BCUT2D eigenvalue weighted by Gasteiger charge is 2.25. The smallest absolute Gasteiger partial charge is 0.274 e. The maximum atomic E-state index is 13.1. The molecule has 0 radical (unpaired) electrons. The number of fused-ring (bicyclic) bond motifs is 1. The molecule has 162 valence electrons. The Morgan fingerprint density at radius 2 is 1.84 bits per heavy atom. The second-order valence-electron chi connectivity index (χ2n) is 8.31. The van der Waals surface area contributed by atoms with Crippen molar-refractivity contribution in [2.75, 3.05) is 41.3 Å². The molecule has 2 fully saturated rings. The molecule has 2 aliphatic heterocycles. The number of nitrogens with zero attached hydrogens (tertiary/aromatic N) is 5. The zero-order chi connectivity index (χ0) is 21.5. The number of aryl methyl sites for hydroxylation is 1. The molecular formula is C22H26N6O3. The molecule has 0 aliphatic carbocycles. The van der Waals surface area contributed by atoms with E-state index >= 15 is 0 Å². The third kappa shape index (κ3) is 3.82. The summed E-state index contributed by atoms with van der Waals surface area (Å²) < 4.78 is 1.77. The van der Waals surface area contributed by atoms with Crippen molar-refractivity contribution in [2.24, 2.45) is 7.05 Å². The van der Waals surface area contributed by atoms with Crippen LogP contribution in [0.4, 0.5) is 17.2 Å². The minimum Gasteiger partial charge on any atom is -0.391 e. The summed E-state index contributed by atoms with van der Waals surface area (Å²) in [6.07, 6.45) is 2.47. The fraction of sp³-hybridized carbons (Fsp3) is 0.409. The third-order valence-electron chi connectivity index (χ3n) is 6.07. The predicted molar refractivity (Wildman–Crippen MR) is 119 cm³/mol. The maximum Gasteiger partial charge on any atom is 0.274 e. The van der Waals surface area contributed by atoms with Crippen molar-refractivity contribution in [3.05, 3.63) is 42.2 Å². The van der Waals surface area contributed by atoms with Crippen molar-refractivity contribution in [1.29, 1.82) is 0 Å². The van der Waals surface area contributed by atoms with Gasteiger partial charge >= 0.3 is 0 Å². The lowest BCUT2D eigenvalue weighted by Gasteiger charge is -2.22. The molecule has 0 unspecified atom stereocenters. The van der Waals surface area contributed by atoms with Crippen LogP contribution in [0.3, 0.4) is 0 Å². The summed E-state index contributed by atoms with van der Waals surface area (Å²) in [6, 6.07) is 9.27. The summed E-state index contributed by atoms with van der Waals surface area (Å²) in [5.41, 5.74) is 2.76. The fourth-order valence-electron chi connectivity index (χ4n) is 4.37. The van der Waals surface area contributed by atoms with Crippen LogP contribution < -0.4 is 15.1 Å². The van der Waals surface area contributed by atoms with Gasteiger partial charge < -0.3 is 25.3 Å². The van der Waals surface area contributed by atoms with E-state index in [9.17, 15) is 15.0 Å². The van der Waals surface area contributed by atoms with Gasteiger partial charge in [0.05, 0.1) is 35.3 Å². The van der Waals surface area contributed by atoms with Gasteiger partial charge in [-0.25, -0.2) is 4.98 Å². The molecule has 0 saturated carbocycles. The Hall–Kier alpha value is -3.17. The van der Waals surface area contributed by atoms with Gasteiger partial charge in [-0.1, -0.05) is 6.07 Å². The Morgan fingerprint density at radius 1 is 1.10 bits per heavy atom. The van der Waals surface area contributed by atoms with E-state index in [4.69, 9.17) is 0 Å². The molecule has 0 spiro atoms. The number of rotatable bonds is 4. The van der Waals surface area contributed by atoms with Crippen LogP contribution in [0.5, 0.6) is 0 Å². The number of nitrogens with one attached hydrogen (secondary N) is 1. The Bertz CT molecular complexity index is 1130. The number of aliphatic hydroxyl groups is 2. The topological polar surface area (TPSA) is 107 Å². The number of amides is 1. The van der Waals surface area contributed by atoms with E-state index in [1.165, 1.54) is 0 Å². The number of benzene rings is 1. The number of hydrogen-bond donors (Lipinski definition) is 3. The summed E-state index contributed by atoms with van der Waals surface area (Å²) in [4.78, 5) is 21.7. The maximum absolute atomic E-state index is 13.1. The molecule has 2 aliphatic rings. The second-order valence-corrected chi connectivity index (χ2v) is 8.31. The van der Waals surface area contributed by atoms with Crippen LogP contribution in [-0.2, 0) is 7.05 Å². The van der Waals surface area contributed by atoms with E-state index in [2.05, 4.69) is 20.3 Å². The number of aliphatic hydroxyl groups excluding tert-OH is 2. The first-order valence-electron chi connectivity index (χ1n) is 10.6. The van der Waals surface area contributed by atoms with Crippen LogP contribution in [0.2, 0.25) is 0 Å². The molecule has 2 saturated heterocycles. The monoisotopic (exact) mass is 422 g/mol. The Morgan fingerprint density at radius 3 is 2.55 bits per heavy atom. The van der Waals surface area contributed by atoms with Gasteiger partial charge in [-0.15, -0.1) is 0 Å². The minimum absolute atomic E-state index is 0.302. The van der Waals surface area contributed by atoms with Crippen LogP contribution >= 0.6 is 0 Å². The number of hydrogen-bond acceptors (Lipinski definition) is 7. The first-order chi connectivity index (χ1) is 15.0. The minimum atomic E-state index is -0.373. The number of aromatic nitrogens is 3. The van der Waals surface area contributed by atoms with Gasteiger partial charge in [0.15, 0.2) is 0 Å². The SMILES string of the molecule is Cn1ncc2cc(N3CC[C@@H](O)C3)c(NC(=O)c3cccc(N4CC[C@H](O)C4)n3)cc21. The van der Waals surface area contributed by atoms with Crippen LogP contribution in [0, 0.1) is 0 Å². The van der Waals surface area contributed by atoms with Gasteiger partial charge in [0.25, 0.3) is 5.91 Å². The summed E-state index contributed by atoms with van der Waals surface area (Å²) in [6.45, 7) is 2.50. The molecule has 1 amide bonds. The van der Waals surface area contributed by atoms with E-state index in [1.54, 1.807) is 16.9 Å². The van der Waals surface area contributed by atoms with E-state index in [0.717, 1.165) is 29.7 Å². The standard InChI is InChI=1S/C22H26N6O3/c1-26-19-10-18(20(9-14(19)11-23-26)27-7-5-15(29)12-27)25-22(31)17-3-2-4-21(24-17)28-8-6-16(30)13-28/h2-4,9-11,15-16,29-30H,5-8,12-13H2,1H3,(H,25,31)/t15-,16+/m1/s1. The van der Waals surface area contributed by atoms with Crippen LogP contribution in [-0.4, -0.2) is 69.3 Å². The molecule has 3 N–H and O–H groups in total. The van der Waals surface area contributed by atoms with Gasteiger partial charge in [0.2, 0.25) is 0 Å². The zero-order valence-corrected chi connectivity index (χ0v) is 17.4. The Kier molecular flexibility index (Phi) is 4.99. The summed E-state index contributed by atoms with van der Waals surface area (Å²) >= 11 is 0. The number of carbonyl (C=O) groups excluding carboxylic acids is 1. The lowest BCUT2D eigenvalue weighted by atomic mass is 10.1. The summed E-state index contributed by atoms with van der Waals surface area (Å²) in [7, 11) is 1.86. The molecule has 9 nitrogen and oxygen atoms in total. The molecule has 1 aromatic carbocycles. The Balaban J connectivity index is 1.45. The van der Waals surface area contributed by atoms with Crippen molar-refractivity contribution in [2.45, 2.75) is 25.0 Å². The third-order valence-corrected chi connectivity index (χ3v) is 6.07. The fourth-order valence-corrected chi connectivity index (χ4v) is 4.37. The van der Waals surface area contributed by atoms with Crippen LogP contribution in [0.25, 0.3) is 10.9 Å². The van der Waals surface area contributed by atoms with E-state index in [0.29, 0.717) is 43.1 Å². The Labute approximate surface area is 179 Å². The number of anilines is 3. The number of pyridine rings is 1. The largest absolute Gasteiger partial charge is 0.391 e. The van der Waals surface area contributed by atoms with Crippen LogP contribution in [0.1, 0.15) is 23.3 Å².